The predicted molar refractivity (Wildman–Crippen MR) is 99.5 cm³/mol. The number of aryl methyl sites for hydroxylation is 1. The molecule has 28 heavy (non-hydrogen) atoms. The van der Waals surface area contributed by atoms with Crippen molar-refractivity contribution in [3.63, 3.8) is 0 Å². The van der Waals surface area contributed by atoms with Crippen molar-refractivity contribution >= 4 is 23.4 Å². The third-order valence-corrected chi connectivity index (χ3v) is 6.14. The second-order valence-electron chi connectivity index (χ2n) is 7.22. The van der Waals surface area contributed by atoms with Gasteiger partial charge in [0.15, 0.2) is 5.66 Å². The number of hydrogen-bond acceptors (Lipinski definition) is 5. The fourth-order valence-electron chi connectivity index (χ4n) is 4.45. The van der Waals surface area contributed by atoms with Crippen LogP contribution in [0.3, 0.4) is 0 Å². The Morgan fingerprint density at radius 2 is 2.14 bits per heavy atom. The monoisotopic (exact) mass is 399 g/mol. The normalized spacial score (nSPS) is 24.0. The Hall–Kier alpha value is -2.87. The van der Waals surface area contributed by atoms with Crippen molar-refractivity contribution in [3.05, 3.63) is 58.2 Å². The summed E-state index contributed by atoms with van der Waals surface area (Å²) in [4.78, 5) is 30.2. The first-order chi connectivity index (χ1) is 13.5. The van der Waals surface area contributed by atoms with E-state index in [-0.39, 0.29) is 11.8 Å². The maximum atomic E-state index is 13.4. The molecule has 8 nitrogen and oxygen atoms in total. The van der Waals surface area contributed by atoms with Gasteiger partial charge in [-0.2, -0.15) is 5.10 Å². The number of aromatic nitrogens is 3. The largest absolute Gasteiger partial charge is 0.364 e. The van der Waals surface area contributed by atoms with Gasteiger partial charge in [-0.3, -0.25) is 14.3 Å². The van der Waals surface area contributed by atoms with Gasteiger partial charge in [0.25, 0.3) is 11.8 Å². The molecule has 1 aliphatic carbocycles. The van der Waals surface area contributed by atoms with Crippen molar-refractivity contribution in [1.82, 2.24) is 24.7 Å². The SMILES string of the molecule is Cc1nocc1C(=O)N1CCN2C(=O)c3ccnn3CC12C1=CC=C(Cl)CC1. The zero-order chi connectivity index (χ0) is 19.5. The van der Waals surface area contributed by atoms with Crippen molar-refractivity contribution in [1.29, 1.82) is 0 Å². The zero-order valence-electron chi connectivity index (χ0n) is 15.3. The minimum atomic E-state index is -0.912. The first-order valence-corrected chi connectivity index (χ1v) is 9.52. The third kappa shape index (κ3) is 2.24. The van der Waals surface area contributed by atoms with Crippen LogP contribution in [-0.2, 0) is 6.54 Å². The first-order valence-electron chi connectivity index (χ1n) is 9.15. The standard InChI is InChI=1S/C19H18ClN5O3/c1-12-15(10-28-22-12)17(26)23-8-9-24-18(27)16-6-7-21-25(16)11-19(23,24)13-2-4-14(20)5-3-13/h2,4,6-7,10H,3,5,8-9,11H2,1H3. The van der Waals surface area contributed by atoms with Gasteiger partial charge in [-0.05, 0) is 37.5 Å². The quantitative estimate of drug-likeness (QED) is 0.773. The summed E-state index contributed by atoms with van der Waals surface area (Å²) in [5, 5.41) is 8.93. The van der Waals surface area contributed by atoms with Gasteiger partial charge in [-0.25, -0.2) is 0 Å². The van der Waals surface area contributed by atoms with E-state index in [1.54, 1.807) is 33.7 Å². The second kappa shape index (κ2) is 6.07. The molecule has 0 N–H and O–H groups in total. The molecule has 2 amide bonds. The highest BCUT2D eigenvalue weighted by molar-refractivity contribution is 6.29. The minimum absolute atomic E-state index is 0.123. The van der Waals surface area contributed by atoms with Gasteiger partial charge >= 0.3 is 0 Å². The van der Waals surface area contributed by atoms with Gasteiger partial charge in [-0.1, -0.05) is 22.8 Å². The average molecular weight is 400 g/mol. The summed E-state index contributed by atoms with van der Waals surface area (Å²) < 4.78 is 6.67. The van der Waals surface area contributed by atoms with E-state index in [2.05, 4.69) is 10.3 Å². The lowest BCUT2D eigenvalue weighted by molar-refractivity contribution is 0.0111. The van der Waals surface area contributed by atoms with Crippen molar-refractivity contribution in [2.45, 2.75) is 32.0 Å². The minimum Gasteiger partial charge on any atom is -0.364 e. The summed E-state index contributed by atoms with van der Waals surface area (Å²) in [7, 11) is 0. The Morgan fingerprint density at radius 1 is 1.29 bits per heavy atom. The van der Waals surface area contributed by atoms with Crippen molar-refractivity contribution in [3.8, 4) is 0 Å². The number of allylic oxidation sites excluding steroid dienone is 3. The Labute approximate surface area is 166 Å². The van der Waals surface area contributed by atoms with E-state index >= 15 is 0 Å². The molecule has 0 spiro atoms. The molecule has 0 bridgehead atoms. The van der Waals surface area contributed by atoms with Crippen LogP contribution in [0, 0.1) is 6.92 Å². The van der Waals surface area contributed by atoms with Crippen LogP contribution >= 0.6 is 11.6 Å². The van der Waals surface area contributed by atoms with Crippen molar-refractivity contribution in [2.75, 3.05) is 13.1 Å². The number of fused-ring (bicyclic) bond motifs is 2. The summed E-state index contributed by atoms with van der Waals surface area (Å²) in [5.74, 6) is -0.325. The topological polar surface area (TPSA) is 84.5 Å². The number of carbonyl (C=O) groups excluding carboxylic acids is 2. The lowest BCUT2D eigenvalue weighted by Crippen LogP contribution is -2.63. The molecule has 2 aromatic heterocycles. The fraction of sp³-hybridized carbons (Fsp3) is 0.368. The molecule has 0 aromatic carbocycles. The summed E-state index contributed by atoms with van der Waals surface area (Å²) >= 11 is 6.17. The molecule has 3 aliphatic rings. The van der Waals surface area contributed by atoms with E-state index in [1.165, 1.54) is 6.26 Å². The summed E-state index contributed by atoms with van der Waals surface area (Å²) in [6.07, 6.45) is 8.11. The van der Waals surface area contributed by atoms with Gasteiger partial charge in [0.1, 0.15) is 17.5 Å². The molecule has 1 fully saturated rings. The van der Waals surface area contributed by atoms with Crippen molar-refractivity contribution in [2.24, 2.45) is 0 Å². The van der Waals surface area contributed by atoms with E-state index in [0.717, 1.165) is 10.6 Å². The van der Waals surface area contributed by atoms with Crippen LogP contribution in [0.1, 0.15) is 39.4 Å². The first kappa shape index (κ1) is 17.2. The average Bonchev–Trinajstić information content (AvgIpc) is 3.40. The van der Waals surface area contributed by atoms with Crippen LogP contribution in [0.2, 0.25) is 0 Å². The molecule has 1 unspecified atom stereocenters. The molecule has 0 radical (unpaired) electrons. The summed E-state index contributed by atoms with van der Waals surface area (Å²) in [5.41, 5.74) is 1.54. The predicted octanol–water partition coefficient (Wildman–Crippen LogP) is 2.33. The van der Waals surface area contributed by atoms with Crippen LogP contribution in [0.15, 0.2) is 45.8 Å². The molecule has 5 rings (SSSR count). The molecule has 0 saturated carbocycles. The molecular formula is C19H18ClN5O3. The number of halogens is 1. The maximum Gasteiger partial charge on any atom is 0.274 e. The molecule has 2 aromatic rings. The van der Waals surface area contributed by atoms with Gasteiger partial charge in [0, 0.05) is 24.3 Å². The highest BCUT2D eigenvalue weighted by atomic mass is 35.5. The number of carbonyl (C=O) groups is 2. The Balaban J connectivity index is 1.68. The number of hydrogen-bond donors (Lipinski definition) is 0. The maximum absolute atomic E-state index is 13.4. The molecule has 2 aliphatic heterocycles. The second-order valence-corrected chi connectivity index (χ2v) is 7.71. The Morgan fingerprint density at radius 3 is 2.86 bits per heavy atom. The van der Waals surface area contributed by atoms with Crippen LogP contribution in [0.4, 0.5) is 0 Å². The Bertz CT molecular complexity index is 1050. The van der Waals surface area contributed by atoms with Crippen molar-refractivity contribution < 1.29 is 14.1 Å². The molecule has 9 heteroatoms. The van der Waals surface area contributed by atoms with Crippen LogP contribution in [0.25, 0.3) is 0 Å². The van der Waals surface area contributed by atoms with E-state index in [4.69, 9.17) is 16.1 Å². The van der Waals surface area contributed by atoms with Crippen LogP contribution < -0.4 is 0 Å². The molecule has 1 atom stereocenters. The van der Waals surface area contributed by atoms with Gasteiger partial charge < -0.3 is 14.3 Å². The highest BCUT2D eigenvalue weighted by Crippen LogP contribution is 2.44. The van der Waals surface area contributed by atoms with Crippen LogP contribution in [0.5, 0.6) is 0 Å². The van der Waals surface area contributed by atoms with Gasteiger partial charge in [-0.15, -0.1) is 0 Å². The summed E-state index contributed by atoms with van der Waals surface area (Å²) in [6.45, 7) is 3.00. The third-order valence-electron chi connectivity index (χ3n) is 5.83. The lowest BCUT2D eigenvalue weighted by atomic mass is 9.88. The summed E-state index contributed by atoms with van der Waals surface area (Å²) in [6, 6.07) is 1.72. The zero-order valence-corrected chi connectivity index (χ0v) is 16.0. The van der Waals surface area contributed by atoms with E-state index in [1.807, 2.05) is 12.2 Å². The molecule has 1 saturated heterocycles. The van der Waals surface area contributed by atoms with E-state index in [0.29, 0.717) is 49.4 Å². The van der Waals surface area contributed by atoms with Gasteiger partial charge in [0.05, 0.1) is 12.2 Å². The van der Waals surface area contributed by atoms with E-state index < -0.39 is 5.66 Å². The van der Waals surface area contributed by atoms with E-state index in [9.17, 15) is 9.59 Å². The molecule has 4 heterocycles. The highest BCUT2D eigenvalue weighted by Gasteiger charge is 2.57. The van der Waals surface area contributed by atoms with Gasteiger partial charge in [0.2, 0.25) is 0 Å². The molecule has 144 valence electrons. The number of nitrogens with zero attached hydrogens (tertiary/aromatic N) is 5. The Kier molecular flexibility index (Phi) is 3.74. The lowest BCUT2D eigenvalue weighted by Gasteiger charge is -2.48. The molecular weight excluding hydrogens is 382 g/mol. The fourth-order valence-corrected chi connectivity index (χ4v) is 4.61. The smallest absolute Gasteiger partial charge is 0.274 e. The van der Waals surface area contributed by atoms with Crippen LogP contribution in [-0.4, -0.2) is 55.3 Å². The number of rotatable bonds is 2. The number of amides is 2.